The van der Waals surface area contributed by atoms with Crippen LogP contribution in [-0.4, -0.2) is 57.2 Å². The molecule has 30 heavy (non-hydrogen) atoms. The minimum atomic E-state index is -0.222. The average molecular weight is 407 g/mol. The Bertz CT molecular complexity index is 934. The molecule has 7 heteroatoms. The number of nitrogens with zero attached hydrogens (tertiary/aromatic N) is 6. The van der Waals surface area contributed by atoms with Crippen LogP contribution in [0.15, 0.2) is 30.3 Å². The maximum Gasteiger partial charge on any atom is 0.229 e. The highest BCUT2D eigenvalue weighted by Gasteiger charge is 2.63. The van der Waals surface area contributed by atoms with Crippen LogP contribution in [0.25, 0.3) is 0 Å². The number of carbonyl (C=O) groups excluding carboxylic acids is 1. The smallest absolute Gasteiger partial charge is 0.229 e. The Morgan fingerprint density at radius 1 is 1.00 bits per heavy atom. The molecule has 2 heterocycles. The Morgan fingerprint density at radius 2 is 1.70 bits per heavy atom. The molecule has 1 aliphatic heterocycles. The van der Waals surface area contributed by atoms with Gasteiger partial charge in [-0.2, -0.15) is 4.80 Å². The number of carbonyl (C=O) groups is 1. The number of hydrogen-bond donors (Lipinski definition) is 0. The summed E-state index contributed by atoms with van der Waals surface area (Å²) in [5.74, 6) is 2.35. The first-order chi connectivity index (χ1) is 14.6. The van der Waals surface area contributed by atoms with Crippen molar-refractivity contribution in [1.29, 1.82) is 0 Å². The zero-order chi connectivity index (χ0) is 20.3. The molecular weight excluding hydrogens is 376 g/mol. The lowest BCUT2D eigenvalue weighted by Crippen LogP contribution is -2.63. The van der Waals surface area contributed by atoms with Crippen molar-refractivity contribution in [3.63, 3.8) is 0 Å². The second kappa shape index (κ2) is 6.53. The standard InChI is InChI=1S/C23H30N6O/c1-17-24-26-29(25-17)23-14-18-11-19(15-23)13-22(12-18,16-23)21(30)28-9-7-27(8-10-28)20-5-3-2-4-6-20/h2-6,18-19H,7-16H2,1H3/t18-,19+,22?,23?. The zero-order valence-electron chi connectivity index (χ0n) is 17.7. The van der Waals surface area contributed by atoms with E-state index in [-0.39, 0.29) is 11.0 Å². The highest BCUT2D eigenvalue weighted by molar-refractivity contribution is 5.84. The summed E-state index contributed by atoms with van der Waals surface area (Å²) >= 11 is 0. The van der Waals surface area contributed by atoms with Crippen LogP contribution in [0.4, 0.5) is 5.69 Å². The lowest BCUT2D eigenvalue weighted by Gasteiger charge is -2.61. The van der Waals surface area contributed by atoms with Gasteiger partial charge in [0.25, 0.3) is 0 Å². The van der Waals surface area contributed by atoms with Crippen LogP contribution >= 0.6 is 0 Å². The number of aromatic nitrogens is 4. The molecule has 1 amide bonds. The fourth-order valence-corrected chi connectivity index (χ4v) is 7.33. The maximum absolute atomic E-state index is 13.9. The monoisotopic (exact) mass is 406 g/mol. The van der Waals surface area contributed by atoms with Gasteiger partial charge in [0, 0.05) is 31.9 Å². The SMILES string of the molecule is Cc1nnn(C23C[C@@H]4C[C@@H](CC(C(=O)N5CCN(c6ccccc6)CC5)(C4)C2)C3)n1. The fourth-order valence-electron chi connectivity index (χ4n) is 7.33. The molecule has 4 saturated carbocycles. The van der Waals surface area contributed by atoms with E-state index < -0.39 is 0 Å². The molecule has 7 nitrogen and oxygen atoms in total. The van der Waals surface area contributed by atoms with Crippen molar-refractivity contribution in [2.75, 3.05) is 31.1 Å². The van der Waals surface area contributed by atoms with Gasteiger partial charge in [0.1, 0.15) is 0 Å². The number of rotatable bonds is 3. The summed E-state index contributed by atoms with van der Waals surface area (Å²) in [6.07, 6.45) is 6.48. The largest absolute Gasteiger partial charge is 0.368 e. The fraction of sp³-hybridized carbons (Fsp3) is 0.652. The summed E-state index contributed by atoms with van der Waals surface area (Å²) in [4.78, 5) is 20.3. The van der Waals surface area contributed by atoms with Gasteiger partial charge in [-0.3, -0.25) is 4.79 Å². The molecule has 4 aliphatic carbocycles. The molecule has 0 N–H and O–H groups in total. The van der Waals surface area contributed by atoms with E-state index in [0.29, 0.717) is 17.7 Å². The second-order valence-corrected chi connectivity index (χ2v) is 10.2. The van der Waals surface area contributed by atoms with Crippen molar-refractivity contribution < 1.29 is 4.79 Å². The molecule has 158 valence electrons. The highest BCUT2D eigenvalue weighted by Crippen LogP contribution is 2.64. The van der Waals surface area contributed by atoms with Crippen molar-refractivity contribution in [1.82, 2.24) is 25.1 Å². The van der Waals surface area contributed by atoms with E-state index in [9.17, 15) is 4.79 Å². The van der Waals surface area contributed by atoms with Crippen LogP contribution in [0, 0.1) is 24.2 Å². The third kappa shape index (κ3) is 2.77. The Labute approximate surface area is 177 Å². The Morgan fingerprint density at radius 3 is 2.33 bits per heavy atom. The lowest BCUT2D eigenvalue weighted by atomic mass is 9.46. The predicted molar refractivity (Wildman–Crippen MR) is 113 cm³/mol. The van der Waals surface area contributed by atoms with Crippen LogP contribution in [-0.2, 0) is 10.3 Å². The summed E-state index contributed by atoms with van der Waals surface area (Å²) in [7, 11) is 0. The van der Waals surface area contributed by atoms with Gasteiger partial charge < -0.3 is 9.80 Å². The number of tetrazole rings is 1. The molecule has 4 atom stereocenters. The number of piperazine rings is 1. The number of hydrogen-bond acceptors (Lipinski definition) is 5. The van der Waals surface area contributed by atoms with Gasteiger partial charge in [-0.05, 0) is 74.6 Å². The molecule has 5 fully saturated rings. The molecule has 1 saturated heterocycles. The zero-order valence-corrected chi connectivity index (χ0v) is 17.7. The summed E-state index contributed by atoms with van der Waals surface area (Å²) < 4.78 is 0. The molecular formula is C23H30N6O. The first-order valence-electron chi connectivity index (χ1n) is 11.4. The van der Waals surface area contributed by atoms with Crippen LogP contribution in [0.5, 0.6) is 0 Å². The summed E-state index contributed by atoms with van der Waals surface area (Å²) in [5, 5.41) is 13.2. The van der Waals surface area contributed by atoms with Crippen LogP contribution in [0.2, 0.25) is 0 Å². The number of anilines is 1. The van der Waals surface area contributed by atoms with Gasteiger partial charge in [0.2, 0.25) is 5.91 Å². The molecule has 5 aliphatic rings. The van der Waals surface area contributed by atoms with Gasteiger partial charge in [0.15, 0.2) is 5.82 Å². The van der Waals surface area contributed by atoms with Gasteiger partial charge in [-0.15, -0.1) is 10.2 Å². The predicted octanol–water partition coefficient (Wildman–Crippen LogP) is 2.63. The first kappa shape index (κ1) is 18.3. The number of amides is 1. The van der Waals surface area contributed by atoms with Crippen LogP contribution in [0.3, 0.4) is 0 Å². The molecule has 2 unspecified atom stereocenters. The maximum atomic E-state index is 13.9. The van der Waals surface area contributed by atoms with Gasteiger partial charge >= 0.3 is 0 Å². The van der Waals surface area contributed by atoms with Crippen molar-refractivity contribution in [3.8, 4) is 0 Å². The summed E-state index contributed by atoms with van der Waals surface area (Å²) in [6.45, 7) is 5.36. The third-order valence-corrected chi connectivity index (χ3v) is 8.11. The lowest BCUT2D eigenvalue weighted by molar-refractivity contribution is -0.168. The van der Waals surface area contributed by atoms with Gasteiger partial charge in [0.05, 0.1) is 11.0 Å². The van der Waals surface area contributed by atoms with Gasteiger partial charge in [-0.25, -0.2) is 0 Å². The molecule has 7 rings (SSSR count). The van der Waals surface area contributed by atoms with Crippen molar-refractivity contribution in [2.45, 2.75) is 51.0 Å². The third-order valence-electron chi connectivity index (χ3n) is 8.11. The van der Waals surface area contributed by atoms with Gasteiger partial charge in [-0.1, -0.05) is 18.2 Å². The van der Waals surface area contributed by atoms with E-state index in [1.165, 1.54) is 12.1 Å². The molecule has 1 aromatic carbocycles. The van der Waals surface area contributed by atoms with Crippen molar-refractivity contribution in [2.24, 2.45) is 17.3 Å². The minimum absolute atomic E-state index is 0.104. The van der Waals surface area contributed by atoms with E-state index in [4.69, 9.17) is 0 Å². The summed E-state index contributed by atoms with van der Waals surface area (Å²) in [6, 6.07) is 10.5. The number of aryl methyl sites for hydroxylation is 1. The van der Waals surface area contributed by atoms with Crippen LogP contribution in [0.1, 0.15) is 44.3 Å². The molecule has 0 spiro atoms. The highest BCUT2D eigenvalue weighted by atomic mass is 16.2. The van der Waals surface area contributed by atoms with Crippen molar-refractivity contribution in [3.05, 3.63) is 36.2 Å². The molecule has 1 aromatic heterocycles. The van der Waals surface area contributed by atoms with Crippen molar-refractivity contribution >= 4 is 11.6 Å². The Balaban J connectivity index is 1.23. The summed E-state index contributed by atoms with van der Waals surface area (Å²) in [5.41, 5.74) is 0.930. The van der Waals surface area contributed by atoms with E-state index >= 15 is 0 Å². The molecule has 0 radical (unpaired) electrons. The Kier molecular flexibility index (Phi) is 3.99. The average Bonchev–Trinajstić information content (AvgIpc) is 3.20. The van der Waals surface area contributed by atoms with Crippen LogP contribution < -0.4 is 4.90 Å². The first-order valence-corrected chi connectivity index (χ1v) is 11.4. The second-order valence-electron chi connectivity index (χ2n) is 10.2. The number of benzene rings is 1. The topological polar surface area (TPSA) is 67.2 Å². The van der Waals surface area contributed by atoms with E-state index in [2.05, 4.69) is 55.5 Å². The van der Waals surface area contributed by atoms with E-state index in [0.717, 1.165) is 64.1 Å². The minimum Gasteiger partial charge on any atom is -0.368 e. The quantitative estimate of drug-likeness (QED) is 0.784. The normalized spacial score (nSPS) is 35.1. The van der Waals surface area contributed by atoms with E-state index in [1.807, 2.05) is 11.7 Å². The molecule has 2 aromatic rings. The van der Waals surface area contributed by atoms with E-state index in [1.54, 1.807) is 0 Å². The number of para-hydroxylation sites is 1. The molecule has 4 bridgehead atoms. The Hall–Kier alpha value is -2.44.